The molecule has 1 aliphatic rings. The molecule has 0 saturated heterocycles. The van der Waals surface area contributed by atoms with Gasteiger partial charge in [-0.15, -0.1) is 0 Å². The third kappa shape index (κ3) is 5.84. The van der Waals surface area contributed by atoms with Crippen LogP contribution in [-0.2, 0) is 16.0 Å². The smallest absolute Gasteiger partial charge is 0.320 e. The lowest BCUT2D eigenvalue weighted by atomic mass is 10.1. The fourth-order valence-electron chi connectivity index (χ4n) is 2.34. The Bertz CT molecular complexity index is 492. The van der Waals surface area contributed by atoms with E-state index in [-0.39, 0.29) is 11.8 Å². The molecule has 3 nitrogen and oxygen atoms in total. The van der Waals surface area contributed by atoms with Gasteiger partial charge < -0.3 is 4.74 Å². The Hall–Kier alpha value is -1.42. The molecule has 0 bridgehead atoms. The van der Waals surface area contributed by atoms with E-state index in [0.29, 0.717) is 12.6 Å². The highest BCUT2D eigenvalue weighted by atomic mass is 19.1. The van der Waals surface area contributed by atoms with E-state index in [1.807, 2.05) is 26.8 Å². The van der Waals surface area contributed by atoms with Crippen molar-refractivity contribution in [3.63, 3.8) is 0 Å². The van der Waals surface area contributed by atoms with Crippen LogP contribution in [0.15, 0.2) is 24.3 Å². The van der Waals surface area contributed by atoms with Gasteiger partial charge >= 0.3 is 5.97 Å². The Labute approximate surface area is 126 Å². The van der Waals surface area contributed by atoms with Crippen molar-refractivity contribution < 1.29 is 13.9 Å². The van der Waals surface area contributed by atoms with Gasteiger partial charge in [-0.05, 0) is 57.7 Å². The van der Waals surface area contributed by atoms with E-state index in [0.717, 1.165) is 31.4 Å². The first-order valence-electron chi connectivity index (χ1n) is 7.54. The Morgan fingerprint density at radius 1 is 1.38 bits per heavy atom. The molecule has 0 heterocycles. The van der Waals surface area contributed by atoms with Crippen LogP contribution in [0.4, 0.5) is 4.39 Å². The molecule has 0 N–H and O–H groups in total. The molecule has 0 unspecified atom stereocenters. The second kappa shape index (κ2) is 6.56. The minimum absolute atomic E-state index is 0.186. The Balaban J connectivity index is 1.86. The van der Waals surface area contributed by atoms with E-state index < -0.39 is 5.60 Å². The van der Waals surface area contributed by atoms with Crippen LogP contribution in [0.2, 0.25) is 0 Å². The van der Waals surface area contributed by atoms with Crippen molar-refractivity contribution in [3.8, 4) is 0 Å². The second-order valence-electron chi connectivity index (χ2n) is 6.67. The van der Waals surface area contributed by atoms with Crippen molar-refractivity contribution in [3.05, 3.63) is 35.6 Å². The molecule has 0 aromatic heterocycles. The maximum absolute atomic E-state index is 13.2. The zero-order valence-electron chi connectivity index (χ0n) is 13.1. The number of halogens is 1. The maximum atomic E-state index is 13.2. The van der Waals surface area contributed by atoms with Gasteiger partial charge in [0.05, 0.1) is 6.54 Å². The summed E-state index contributed by atoms with van der Waals surface area (Å²) >= 11 is 0. The normalized spacial score (nSPS) is 15.3. The number of nitrogens with zero attached hydrogens (tertiary/aromatic N) is 1. The molecule has 1 saturated carbocycles. The Morgan fingerprint density at radius 2 is 2.10 bits per heavy atom. The first-order chi connectivity index (χ1) is 9.83. The van der Waals surface area contributed by atoms with Crippen molar-refractivity contribution in [1.82, 2.24) is 4.90 Å². The van der Waals surface area contributed by atoms with Gasteiger partial charge in [0.1, 0.15) is 11.4 Å². The molecule has 0 amide bonds. The van der Waals surface area contributed by atoms with Crippen LogP contribution in [0, 0.1) is 5.82 Å². The molecule has 0 spiro atoms. The minimum Gasteiger partial charge on any atom is -0.459 e. The molecule has 2 rings (SSSR count). The summed E-state index contributed by atoms with van der Waals surface area (Å²) in [6, 6.07) is 7.12. The number of hydrogen-bond acceptors (Lipinski definition) is 3. The van der Waals surface area contributed by atoms with Crippen molar-refractivity contribution in [1.29, 1.82) is 0 Å². The van der Waals surface area contributed by atoms with E-state index in [1.165, 1.54) is 6.07 Å². The zero-order chi connectivity index (χ0) is 15.5. The number of ether oxygens (including phenoxy) is 1. The van der Waals surface area contributed by atoms with Crippen LogP contribution in [0.3, 0.4) is 0 Å². The summed E-state index contributed by atoms with van der Waals surface area (Å²) in [6.07, 6.45) is 3.01. The molecule has 4 heteroatoms. The molecule has 1 aromatic rings. The quantitative estimate of drug-likeness (QED) is 0.755. The molecule has 21 heavy (non-hydrogen) atoms. The number of carbonyl (C=O) groups is 1. The van der Waals surface area contributed by atoms with Crippen molar-refractivity contribution >= 4 is 5.97 Å². The monoisotopic (exact) mass is 293 g/mol. The van der Waals surface area contributed by atoms with Crippen molar-refractivity contribution in [2.75, 3.05) is 13.1 Å². The van der Waals surface area contributed by atoms with E-state index in [9.17, 15) is 9.18 Å². The molecule has 0 aliphatic heterocycles. The van der Waals surface area contributed by atoms with Crippen LogP contribution < -0.4 is 0 Å². The highest BCUT2D eigenvalue weighted by Crippen LogP contribution is 2.27. The maximum Gasteiger partial charge on any atom is 0.320 e. The number of carbonyl (C=O) groups excluding carboxylic acids is 1. The molecule has 1 aliphatic carbocycles. The van der Waals surface area contributed by atoms with Crippen LogP contribution in [0.25, 0.3) is 0 Å². The highest BCUT2D eigenvalue weighted by molar-refractivity contribution is 5.72. The van der Waals surface area contributed by atoms with Gasteiger partial charge in [-0.3, -0.25) is 9.69 Å². The van der Waals surface area contributed by atoms with Crippen LogP contribution >= 0.6 is 0 Å². The van der Waals surface area contributed by atoms with Gasteiger partial charge in [0.2, 0.25) is 0 Å². The summed E-state index contributed by atoms with van der Waals surface area (Å²) in [5.74, 6) is -0.397. The number of hydrogen-bond donors (Lipinski definition) is 0. The van der Waals surface area contributed by atoms with Gasteiger partial charge in [-0.1, -0.05) is 12.1 Å². The van der Waals surface area contributed by atoms with Crippen molar-refractivity contribution in [2.45, 2.75) is 51.7 Å². The average Bonchev–Trinajstić information content (AvgIpc) is 3.16. The van der Waals surface area contributed by atoms with Crippen LogP contribution in [0.1, 0.15) is 39.2 Å². The summed E-state index contributed by atoms with van der Waals surface area (Å²) in [5.41, 5.74) is 0.513. The minimum atomic E-state index is -0.450. The molecular formula is C17H24FNO2. The Kier molecular flexibility index (Phi) is 4.99. The van der Waals surface area contributed by atoms with E-state index in [2.05, 4.69) is 4.90 Å². The fraction of sp³-hybridized carbons (Fsp3) is 0.588. The van der Waals surface area contributed by atoms with Gasteiger partial charge in [-0.2, -0.15) is 0 Å². The number of esters is 1. The predicted octanol–water partition coefficient (Wildman–Crippen LogP) is 3.17. The Morgan fingerprint density at radius 3 is 2.67 bits per heavy atom. The molecule has 0 atom stereocenters. The topological polar surface area (TPSA) is 29.5 Å². The third-order valence-corrected chi connectivity index (χ3v) is 3.39. The summed E-state index contributed by atoms with van der Waals surface area (Å²) < 4.78 is 18.5. The van der Waals surface area contributed by atoms with Crippen LogP contribution in [-0.4, -0.2) is 35.6 Å². The summed E-state index contributed by atoms with van der Waals surface area (Å²) in [6.45, 7) is 6.70. The summed E-state index contributed by atoms with van der Waals surface area (Å²) in [7, 11) is 0. The average molecular weight is 293 g/mol. The first-order valence-corrected chi connectivity index (χ1v) is 7.54. The highest BCUT2D eigenvalue weighted by Gasteiger charge is 2.31. The molecule has 1 fully saturated rings. The largest absolute Gasteiger partial charge is 0.459 e. The van der Waals surface area contributed by atoms with Crippen LogP contribution in [0.5, 0.6) is 0 Å². The lowest BCUT2D eigenvalue weighted by Crippen LogP contribution is -2.37. The lowest BCUT2D eigenvalue weighted by Gasteiger charge is -2.25. The zero-order valence-corrected chi connectivity index (χ0v) is 13.1. The van der Waals surface area contributed by atoms with Gasteiger partial charge in [0.25, 0.3) is 0 Å². The predicted molar refractivity (Wildman–Crippen MR) is 80.5 cm³/mol. The standard InChI is InChI=1S/C17H24FNO2/c1-17(2,3)21-16(20)12-19(15-7-8-15)10-9-13-5-4-6-14(18)11-13/h4-6,11,15H,7-10,12H2,1-3H3. The summed E-state index contributed by atoms with van der Waals surface area (Å²) in [5, 5.41) is 0. The molecule has 0 radical (unpaired) electrons. The molecular weight excluding hydrogens is 269 g/mol. The van der Waals surface area contributed by atoms with Gasteiger partial charge in [0, 0.05) is 12.6 Å². The van der Waals surface area contributed by atoms with E-state index >= 15 is 0 Å². The van der Waals surface area contributed by atoms with Gasteiger partial charge in [-0.25, -0.2) is 4.39 Å². The lowest BCUT2D eigenvalue weighted by molar-refractivity contribution is -0.156. The van der Waals surface area contributed by atoms with E-state index in [4.69, 9.17) is 4.74 Å². The van der Waals surface area contributed by atoms with Crippen molar-refractivity contribution in [2.24, 2.45) is 0 Å². The SMILES string of the molecule is CC(C)(C)OC(=O)CN(CCc1cccc(F)c1)C1CC1. The molecule has 116 valence electrons. The fourth-order valence-corrected chi connectivity index (χ4v) is 2.34. The number of rotatable bonds is 6. The first kappa shape index (κ1) is 16.0. The van der Waals surface area contributed by atoms with Gasteiger partial charge in [0.15, 0.2) is 0 Å². The molecule has 1 aromatic carbocycles. The van der Waals surface area contributed by atoms with E-state index in [1.54, 1.807) is 12.1 Å². The second-order valence-corrected chi connectivity index (χ2v) is 6.67. The number of benzene rings is 1. The third-order valence-electron chi connectivity index (χ3n) is 3.39. The summed E-state index contributed by atoms with van der Waals surface area (Å²) in [4.78, 5) is 14.1.